The van der Waals surface area contributed by atoms with Crippen LogP contribution in [0.1, 0.15) is 52.9 Å². The summed E-state index contributed by atoms with van der Waals surface area (Å²) in [4.78, 5) is 2.64. The summed E-state index contributed by atoms with van der Waals surface area (Å²) in [5, 5.41) is 0. The molecule has 0 aliphatic carbocycles. The lowest BCUT2D eigenvalue weighted by molar-refractivity contribution is -0.0687. The largest absolute Gasteiger partial charge is 0.378 e. The summed E-state index contributed by atoms with van der Waals surface area (Å²) in [6.07, 6.45) is 6.07. The van der Waals surface area contributed by atoms with E-state index in [1.807, 2.05) is 0 Å². The highest BCUT2D eigenvalue weighted by Crippen LogP contribution is 2.30. The standard InChI is InChI=1S/C14H30N2O/c1-4-7-8-14(6-3,12-15)16-9-10-17-11-13(16)5-2/h13H,4-12,15H2,1-3H3. The molecule has 3 nitrogen and oxygen atoms in total. The summed E-state index contributed by atoms with van der Waals surface area (Å²) in [5.41, 5.74) is 6.33. The van der Waals surface area contributed by atoms with Gasteiger partial charge in [0.15, 0.2) is 0 Å². The average Bonchev–Trinajstić information content (AvgIpc) is 2.41. The van der Waals surface area contributed by atoms with E-state index < -0.39 is 0 Å². The zero-order valence-corrected chi connectivity index (χ0v) is 11.9. The zero-order chi connectivity index (χ0) is 12.7. The first-order valence-electron chi connectivity index (χ1n) is 7.28. The van der Waals surface area contributed by atoms with Crippen LogP contribution in [0.5, 0.6) is 0 Å². The average molecular weight is 242 g/mol. The van der Waals surface area contributed by atoms with E-state index in [2.05, 4.69) is 25.7 Å². The molecule has 1 aliphatic heterocycles. The minimum atomic E-state index is 0.209. The Morgan fingerprint density at radius 1 is 1.35 bits per heavy atom. The van der Waals surface area contributed by atoms with E-state index in [9.17, 15) is 0 Å². The van der Waals surface area contributed by atoms with E-state index >= 15 is 0 Å². The van der Waals surface area contributed by atoms with Crippen LogP contribution in [0.2, 0.25) is 0 Å². The van der Waals surface area contributed by atoms with Crippen molar-refractivity contribution < 1.29 is 4.74 Å². The van der Waals surface area contributed by atoms with Gasteiger partial charge in [-0.25, -0.2) is 0 Å². The van der Waals surface area contributed by atoms with Crippen molar-refractivity contribution in [2.24, 2.45) is 5.73 Å². The van der Waals surface area contributed by atoms with Gasteiger partial charge in [-0.2, -0.15) is 0 Å². The number of nitrogens with two attached hydrogens (primary N) is 1. The molecule has 0 aromatic heterocycles. The van der Waals surface area contributed by atoms with Crippen LogP contribution in [-0.2, 0) is 4.74 Å². The predicted octanol–water partition coefficient (Wildman–Crippen LogP) is 2.39. The van der Waals surface area contributed by atoms with Crippen molar-refractivity contribution in [3.8, 4) is 0 Å². The first kappa shape index (κ1) is 14.9. The van der Waals surface area contributed by atoms with Crippen molar-refractivity contribution in [3.63, 3.8) is 0 Å². The molecule has 0 aromatic rings. The number of hydrogen-bond acceptors (Lipinski definition) is 3. The quantitative estimate of drug-likeness (QED) is 0.745. The molecule has 2 atom stereocenters. The van der Waals surface area contributed by atoms with E-state index in [1.54, 1.807) is 0 Å². The maximum atomic E-state index is 6.12. The Kier molecular flexibility index (Phi) is 6.45. The third kappa shape index (κ3) is 3.43. The van der Waals surface area contributed by atoms with E-state index in [-0.39, 0.29) is 5.54 Å². The summed E-state index contributed by atoms with van der Waals surface area (Å²) in [5.74, 6) is 0. The van der Waals surface area contributed by atoms with Gasteiger partial charge >= 0.3 is 0 Å². The lowest BCUT2D eigenvalue weighted by atomic mass is 9.85. The molecule has 2 N–H and O–H groups in total. The number of ether oxygens (including phenoxy) is 1. The molecular weight excluding hydrogens is 212 g/mol. The first-order chi connectivity index (χ1) is 8.24. The highest BCUT2D eigenvalue weighted by molar-refractivity contribution is 4.95. The third-order valence-electron chi connectivity index (χ3n) is 4.34. The molecule has 2 unspecified atom stereocenters. The molecular formula is C14H30N2O. The SMILES string of the molecule is CCCCC(CC)(CN)N1CCOCC1CC. The Labute approximate surface area is 107 Å². The minimum absolute atomic E-state index is 0.209. The maximum Gasteiger partial charge on any atom is 0.0622 e. The topological polar surface area (TPSA) is 38.5 Å². The summed E-state index contributed by atoms with van der Waals surface area (Å²) in [6.45, 7) is 10.4. The van der Waals surface area contributed by atoms with Crippen LogP contribution < -0.4 is 5.73 Å². The van der Waals surface area contributed by atoms with Gasteiger partial charge in [0.25, 0.3) is 0 Å². The Hall–Kier alpha value is -0.120. The van der Waals surface area contributed by atoms with Gasteiger partial charge < -0.3 is 10.5 Å². The Bertz CT molecular complexity index is 204. The van der Waals surface area contributed by atoms with Gasteiger partial charge in [-0.05, 0) is 19.3 Å². The van der Waals surface area contributed by atoms with Gasteiger partial charge in [-0.3, -0.25) is 4.90 Å². The zero-order valence-electron chi connectivity index (χ0n) is 11.9. The summed E-state index contributed by atoms with van der Waals surface area (Å²) in [7, 11) is 0. The molecule has 0 saturated carbocycles. The van der Waals surface area contributed by atoms with Gasteiger partial charge in [0.05, 0.1) is 13.2 Å². The highest BCUT2D eigenvalue weighted by Gasteiger charge is 2.38. The van der Waals surface area contributed by atoms with Crippen molar-refractivity contribution in [1.82, 2.24) is 4.90 Å². The van der Waals surface area contributed by atoms with Crippen molar-refractivity contribution in [1.29, 1.82) is 0 Å². The van der Waals surface area contributed by atoms with Gasteiger partial charge in [-0.15, -0.1) is 0 Å². The van der Waals surface area contributed by atoms with Crippen molar-refractivity contribution in [3.05, 3.63) is 0 Å². The smallest absolute Gasteiger partial charge is 0.0622 e. The number of unbranched alkanes of at least 4 members (excludes halogenated alkanes) is 1. The molecule has 0 amide bonds. The van der Waals surface area contributed by atoms with Crippen LogP contribution in [0.3, 0.4) is 0 Å². The molecule has 17 heavy (non-hydrogen) atoms. The van der Waals surface area contributed by atoms with Crippen LogP contribution in [0.25, 0.3) is 0 Å². The molecule has 1 rings (SSSR count). The molecule has 0 aromatic carbocycles. The van der Waals surface area contributed by atoms with Crippen LogP contribution in [-0.4, -0.2) is 42.8 Å². The van der Waals surface area contributed by atoms with Crippen LogP contribution in [0.15, 0.2) is 0 Å². The summed E-state index contributed by atoms with van der Waals surface area (Å²) in [6, 6.07) is 0.559. The van der Waals surface area contributed by atoms with E-state index in [0.717, 1.165) is 39.1 Å². The molecule has 1 aliphatic rings. The normalized spacial score (nSPS) is 25.8. The summed E-state index contributed by atoms with van der Waals surface area (Å²) < 4.78 is 5.61. The molecule has 1 saturated heterocycles. The second-order valence-corrected chi connectivity index (χ2v) is 5.22. The number of rotatable bonds is 7. The first-order valence-corrected chi connectivity index (χ1v) is 7.28. The highest BCUT2D eigenvalue weighted by atomic mass is 16.5. The molecule has 0 spiro atoms. The van der Waals surface area contributed by atoms with E-state index in [1.165, 1.54) is 19.3 Å². The Balaban J connectivity index is 2.78. The van der Waals surface area contributed by atoms with Crippen molar-refractivity contribution in [2.45, 2.75) is 64.5 Å². The number of hydrogen-bond donors (Lipinski definition) is 1. The van der Waals surface area contributed by atoms with Crippen molar-refractivity contribution >= 4 is 0 Å². The molecule has 1 fully saturated rings. The lowest BCUT2D eigenvalue weighted by Gasteiger charge is -2.49. The Morgan fingerprint density at radius 3 is 2.65 bits per heavy atom. The monoisotopic (exact) mass is 242 g/mol. The fourth-order valence-corrected chi connectivity index (χ4v) is 3.01. The lowest BCUT2D eigenvalue weighted by Crippen LogP contribution is -2.61. The van der Waals surface area contributed by atoms with Gasteiger partial charge in [-0.1, -0.05) is 33.6 Å². The fourth-order valence-electron chi connectivity index (χ4n) is 3.01. The molecule has 0 bridgehead atoms. The van der Waals surface area contributed by atoms with Gasteiger partial charge in [0.1, 0.15) is 0 Å². The second kappa shape index (κ2) is 7.34. The Morgan fingerprint density at radius 2 is 2.12 bits per heavy atom. The van der Waals surface area contributed by atoms with E-state index in [4.69, 9.17) is 10.5 Å². The third-order valence-corrected chi connectivity index (χ3v) is 4.34. The second-order valence-electron chi connectivity index (χ2n) is 5.22. The van der Waals surface area contributed by atoms with Crippen LogP contribution >= 0.6 is 0 Å². The maximum absolute atomic E-state index is 6.12. The van der Waals surface area contributed by atoms with Gasteiger partial charge in [0.2, 0.25) is 0 Å². The fraction of sp³-hybridized carbons (Fsp3) is 1.00. The molecule has 1 heterocycles. The molecule has 0 radical (unpaired) electrons. The van der Waals surface area contributed by atoms with Crippen molar-refractivity contribution in [2.75, 3.05) is 26.3 Å². The number of nitrogens with zero attached hydrogens (tertiary/aromatic N) is 1. The molecule has 3 heteroatoms. The number of morpholine rings is 1. The minimum Gasteiger partial charge on any atom is -0.378 e. The van der Waals surface area contributed by atoms with Gasteiger partial charge in [0, 0.05) is 24.7 Å². The van der Waals surface area contributed by atoms with Crippen LogP contribution in [0, 0.1) is 0 Å². The summed E-state index contributed by atoms with van der Waals surface area (Å²) >= 11 is 0. The predicted molar refractivity (Wildman–Crippen MR) is 73.2 cm³/mol. The van der Waals surface area contributed by atoms with Crippen LogP contribution in [0.4, 0.5) is 0 Å². The van der Waals surface area contributed by atoms with E-state index in [0.29, 0.717) is 6.04 Å². The molecule has 102 valence electrons.